The SMILES string of the molecule is CCn1cc(S(=O)(=O)NC2(CO)CCCC(C)C2)nc1C. The molecule has 1 saturated carbocycles. The van der Waals surface area contributed by atoms with Gasteiger partial charge in [0.05, 0.1) is 12.1 Å². The van der Waals surface area contributed by atoms with E-state index in [0.29, 0.717) is 31.1 Å². The van der Waals surface area contributed by atoms with Crippen LogP contribution < -0.4 is 4.72 Å². The number of imidazole rings is 1. The Kier molecular flexibility index (Phi) is 4.75. The minimum absolute atomic E-state index is 0.0351. The summed E-state index contributed by atoms with van der Waals surface area (Å²) >= 11 is 0. The zero-order valence-corrected chi connectivity index (χ0v) is 13.8. The first-order chi connectivity index (χ1) is 9.82. The van der Waals surface area contributed by atoms with Crippen LogP contribution >= 0.6 is 0 Å². The Morgan fingerprint density at radius 2 is 2.29 bits per heavy atom. The quantitative estimate of drug-likeness (QED) is 0.861. The van der Waals surface area contributed by atoms with Crippen LogP contribution in [0.15, 0.2) is 11.2 Å². The monoisotopic (exact) mass is 315 g/mol. The largest absolute Gasteiger partial charge is 0.394 e. The lowest BCUT2D eigenvalue weighted by Gasteiger charge is -2.38. The molecule has 21 heavy (non-hydrogen) atoms. The van der Waals surface area contributed by atoms with Gasteiger partial charge in [-0.2, -0.15) is 0 Å². The van der Waals surface area contributed by atoms with Gasteiger partial charge in [-0.05, 0) is 32.6 Å². The molecular formula is C14H25N3O3S. The summed E-state index contributed by atoms with van der Waals surface area (Å²) in [5.41, 5.74) is -0.750. The molecule has 1 aromatic rings. The van der Waals surface area contributed by atoms with Crippen molar-refractivity contribution in [3.63, 3.8) is 0 Å². The number of nitrogens with one attached hydrogen (secondary N) is 1. The van der Waals surface area contributed by atoms with Crippen LogP contribution in [0.25, 0.3) is 0 Å². The van der Waals surface area contributed by atoms with Crippen molar-refractivity contribution in [2.45, 2.75) is 63.6 Å². The maximum absolute atomic E-state index is 12.6. The molecule has 0 aliphatic heterocycles. The van der Waals surface area contributed by atoms with Gasteiger partial charge >= 0.3 is 0 Å². The molecule has 0 spiro atoms. The van der Waals surface area contributed by atoms with Crippen LogP contribution in [0.2, 0.25) is 0 Å². The number of rotatable bonds is 5. The van der Waals surface area contributed by atoms with Gasteiger partial charge in [-0.3, -0.25) is 0 Å². The predicted octanol–water partition coefficient (Wildman–Crippen LogP) is 1.43. The minimum atomic E-state index is -3.71. The fraction of sp³-hybridized carbons (Fsp3) is 0.786. The molecule has 2 atom stereocenters. The molecule has 6 nitrogen and oxygen atoms in total. The molecule has 1 fully saturated rings. The van der Waals surface area contributed by atoms with E-state index >= 15 is 0 Å². The van der Waals surface area contributed by atoms with E-state index in [2.05, 4.69) is 16.6 Å². The van der Waals surface area contributed by atoms with Gasteiger partial charge in [0, 0.05) is 12.7 Å². The summed E-state index contributed by atoms with van der Waals surface area (Å²) in [6.07, 6.45) is 4.88. The summed E-state index contributed by atoms with van der Waals surface area (Å²) in [7, 11) is -3.71. The second-order valence-electron chi connectivity index (χ2n) is 6.16. The highest BCUT2D eigenvalue weighted by Crippen LogP contribution is 2.33. The number of hydrogen-bond donors (Lipinski definition) is 2. The van der Waals surface area contributed by atoms with Crippen LogP contribution in [0.3, 0.4) is 0 Å². The fourth-order valence-electron chi connectivity index (χ4n) is 3.19. The lowest BCUT2D eigenvalue weighted by atomic mass is 9.78. The second-order valence-corrected chi connectivity index (χ2v) is 7.79. The first-order valence-corrected chi connectivity index (χ1v) is 8.99. The summed E-state index contributed by atoms with van der Waals surface area (Å²) < 4.78 is 29.6. The zero-order valence-electron chi connectivity index (χ0n) is 13.0. The smallest absolute Gasteiger partial charge is 0.260 e. The minimum Gasteiger partial charge on any atom is -0.394 e. The zero-order chi connectivity index (χ0) is 15.7. The average Bonchev–Trinajstić information content (AvgIpc) is 2.80. The van der Waals surface area contributed by atoms with Gasteiger partial charge in [0.2, 0.25) is 0 Å². The molecule has 7 heteroatoms. The van der Waals surface area contributed by atoms with E-state index in [-0.39, 0.29) is 11.6 Å². The molecule has 2 rings (SSSR count). The van der Waals surface area contributed by atoms with Crippen molar-refractivity contribution in [3.8, 4) is 0 Å². The maximum Gasteiger partial charge on any atom is 0.260 e. The Labute approximate surface area is 126 Å². The Balaban J connectivity index is 2.26. The third-order valence-electron chi connectivity index (χ3n) is 4.31. The summed E-state index contributed by atoms with van der Waals surface area (Å²) in [5, 5.41) is 9.76. The van der Waals surface area contributed by atoms with Gasteiger partial charge < -0.3 is 9.67 Å². The van der Waals surface area contributed by atoms with E-state index in [1.807, 2.05) is 6.92 Å². The number of nitrogens with zero attached hydrogens (tertiary/aromatic N) is 2. The van der Waals surface area contributed by atoms with Crippen molar-refractivity contribution in [2.24, 2.45) is 5.92 Å². The van der Waals surface area contributed by atoms with Crippen molar-refractivity contribution in [1.29, 1.82) is 0 Å². The molecule has 1 aliphatic carbocycles. The first-order valence-electron chi connectivity index (χ1n) is 7.50. The first kappa shape index (κ1) is 16.5. The molecule has 0 radical (unpaired) electrons. The molecular weight excluding hydrogens is 290 g/mol. The highest BCUT2D eigenvalue weighted by Gasteiger charge is 2.39. The number of aliphatic hydroxyl groups excluding tert-OH is 1. The second kappa shape index (κ2) is 6.06. The summed E-state index contributed by atoms with van der Waals surface area (Å²) in [6, 6.07) is 0. The molecule has 120 valence electrons. The molecule has 0 aromatic carbocycles. The number of aromatic nitrogens is 2. The van der Waals surface area contributed by atoms with Crippen LogP contribution in [0.4, 0.5) is 0 Å². The molecule has 1 heterocycles. The van der Waals surface area contributed by atoms with E-state index in [1.54, 1.807) is 17.7 Å². The summed E-state index contributed by atoms with van der Waals surface area (Å²) in [4.78, 5) is 4.13. The van der Waals surface area contributed by atoms with Crippen LogP contribution in [0, 0.1) is 12.8 Å². The number of sulfonamides is 1. The van der Waals surface area contributed by atoms with Gasteiger partial charge in [-0.15, -0.1) is 0 Å². The lowest BCUT2D eigenvalue weighted by molar-refractivity contribution is 0.119. The molecule has 0 amide bonds. The van der Waals surface area contributed by atoms with Gasteiger partial charge in [0.1, 0.15) is 5.82 Å². The third-order valence-corrected chi connectivity index (χ3v) is 5.76. The molecule has 2 unspecified atom stereocenters. The standard InChI is InChI=1S/C14H25N3O3S/c1-4-17-9-13(15-12(17)3)21(19,20)16-14(10-18)7-5-6-11(2)8-14/h9,11,16,18H,4-8,10H2,1-3H3. The molecule has 0 saturated heterocycles. The van der Waals surface area contributed by atoms with Crippen molar-refractivity contribution < 1.29 is 13.5 Å². The van der Waals surface area contributed by atoms with Crippen LogP contribution in [0.1, 0.15) is 45.4 Å². The van der Waals surface area contributed by atoms with Gasteiger partial charge in [0.15, 0.2) is 5.03 Å². The Morgan fingerprint density at radius 1 is 1.57 bits per heavy atom. The van der Waals surface area contributed by atoms with Gasteiger partial charge in [-0.1, -0.05) is 19.8 Å². The number of hydrogen-bond acceptors (Lipinski definition) is 4. The summed E-state index contributed by atoms with van der Waals surface area (Å²) in [5.74, 6) is 1.08. The van der Waals surface area contributed by atoms with Crippen molar-refractivity contribution >= 4 is 10.0 Å². The topological polar surface area (TPSA) is 84.2 Å². The van der Waals surface area contributed by atoms with Crippen molar-refractivity contribution in [3.05, 3.63) is 12.0 Å². The van der Waals surface area contributed by atoms with Crippen molar-refractivity contribution in [2.75, 3.05) is 6.61 Å². The highest BCUT2D eigenvalue weighted by molar-refractivity contribution is 7.89. The van der Waals surface area contributed by atoms with Crippen LogP contribution in [-0.4, -0.2) is 35.2 Å². The van der Waals surface area contributed by atoms with Crippen LogP contribution in [-0.2, 0) is 16.6 Å². The fourth-order valence-corrected chi connectivity index (χ4v) is 4.64. The van der Waals surface area contributed by atoms with Crippen molar-refractivity contribution in [1.82, 2.24) is 14.3 Å². The van der Waals surface area contributed by atoms with Gasteiger partial charge in [-0.25, -0.2) is 18.1 Å². The molecule has 0 bridgehead atoms. The van der Waals surface area contributed by atoms with E-state index in [1.165, 1.54) is 0 Å². The summed E-state index contributed by atoms with van der Waals surface area (Å²) in [6.45, 7) is 6.32. The Hall–Kier alpha value is -0.920. The molecule has 2 N–H and O–H groups in total. The third kappa shape index (κ3) is 3.46. The normalized spacial score (nSPS) is 27.0. The van der Waals surface area contributed by atoms with Crippen LogP contribution in [0.5, 0.6) is 0 Å². The van der Waals surface area contributed by atoms with E-state index < -0.39 is 15.6 Å². The Morgan fingerprint density at radius 3 is 2.81 bits per heavy atom. The molecule has 1 aliphatic rings. The lowest BCUT2D eigenvalue weighted by Crippen LogP contribution is -2.53. The molecule has 1 aromatic heterocycles. The van der Waals surface area contributed by atoms with Gasteiger partial charge in [0.25, 0.3) is 10.0 Å². The Bertz CT molecular complexity index is 597. The van der Waals surface area contributed by atoms with E-state index in [0.717, 1.165) is 12.8 Å². The number of aryl methyl sites for hydroxylation is 2. The highest BCUT2D eigenvalue weighted by atomic mass is 32.2. The predicted molar refractivity (Wildman–Crippen MR) is 80.4 cm³/mol. The average molecular weight is 315 g/mol. The number of aliphatic hydroxyl groups is 1. The maximum atomic E-state index is 12.6. The van der Waals surface area contributed by atoms with E-state index in [4.69, 9.17) is 0 Å². The van der Waals surface area contributed by atoms with E-state index in [9.17, 15) is 13.5 Å².